The first-order valence-electron chi connectivity index (χ1n) is 12.3. The Morgan fingerprint density at radius 3 is 2.28 bits per heavy atom. The van der Waals surface area contributed by atoms with Crippen molar-refractivity contribution >= 4 is 29.3 Å². The molecule has 1 saturated heterocycles. The van der Waals surface area contributed by atoms with Gasteiger partial charge >= 0.3 is 0 Å². The minimum absolute atomic E-state index is 0.0664. The molecule has 0 spiro atoms. The molecule has 1 heterocycles. The van der Waals surface area contributed by atoms with Gasteiger partial charge in [0.15, 0.2) is 0 Å². The maximum Gasteiger partial charge on any atom is 0.251 e. The van der Waals surface area contributed by atoms with Crippen molar-refractivity contribution in [3.63, 3.8) is 0 Å². The van der Waals surface area contributed by atoms with E-state index in [-0.39, 0.29) is 36.6 Å². The Labute approximate surface area is 218 Å². The van der Waals surface area contributed by atoms with E-state index in [1.807, 2.05) is 45.9 Å². The van der Waals surface area contributed by atoms with Gasteiger partial charge in [-0.05, 0) is 42.2 Å². The zero-order chi connectivity index (χ0) is 26.5. The van der Waals surface area contributed by atoms with Crippen molar-refractivity contribution < 1.29 is 19.5 Å². The fourth-order valence-corrected chi connectivity index (χ4v) is 4.83. The van der Waals surface area contributed by atoms with E-state index in [4.69, 9.17) is 11.6 Å². The molecule has 2 aromatic rings. The maximum atomic E-state index is 13.5. The predicted octanol–water partition coefficient (Wildman–Crippen LogP) is 3.75. The van der Waals surface area contributed by atoms with Crippen molar-refractivity contribution in [1.29, 1.82) is 0 Å². The number of halogens is 1. The number of nitrogens with zero attached hydrogens (tertiary/aromatic N) is 1. The lowest BCUT2D eigenvalue weighted by Gasteiger charge is -2.51. The second kappa shape index (κ2) is 11.4. The fraction of sp³-hybridized carbons (Fsp3) is 0.464. The highest BCUT2D eigenvalue weighted by atomic mass is 35.5. The molecule has 2 atom stereocenters. The normalized spacial score (nSPS) is 20.0. The van der Waals surface area contributed by atoms with Crippen LogP contribution in [0.3, 0.4) is 0 Å². The van der Waals surface area contributed by atoms with Crippen LogP contribution in [-0.4, -0.2) is 53.4 Å². The molecule has 0 unspecified atom stereocenters. The average Bonchev–Trinajstić information content (AvgIpc) is 2.84. The highest BCUT2D eigenvalue weighted by molar-refractivity contribution is 6.30. The first-order chi connectivity index (χ1) is 16.9. The number of carbonyl (C=O) groups is 3. The van der Waals surface area contributed by atoms with Crippen LogP contribution >= 0.6 is 11.6 Å². The van der Waals surface area contributed by atoms with Crippen LogP contribution in [0, 0.1) is 11.3 Å². The number of hydrogen-bond donors (Lipinski definition) is 3. The van der Waals surface area contributed by atoms with Crippen LogP contribution in [0.15, 0.2) is 54.6 Å². The van der Waals surface area contributed by atoms with Crippen LogP contribution in [-0.2, 0) is 15.2 Å². The van der Waals surface area contributed by atoms with Crippen LogP contribution in [0.2, 0.25) is 5.02 Å². The third-order valence-corrected chi connectivity index (χ3v) is 7.26. The first kappa shape index (κ1) is 27.7. The van der Waals surface area contributed by atoms with Gasteiger partial charge in [0, 0.05) is 42.1 Å². The highest BCUT2D eigenvalue weighted by Crippen LogP contribution is 2.46. The van der Waals surface area contributed by atoms with Gasteiger partial charge in [0.25, 0.3) is 5.91 Å². The molecule has 2 aromatic carbocycles. The molecule has 3 amide bonds. The molecule has 1 fully saturated rings. The molecule has 0 bridgehead atoms. The second-order valence-corrected chi connectivity index (χ2v) is 10.9. The van der Waals surface area contributed by atoms with E-state index in [0.717, 1.165) is 5.56 Å². The van der Waals surface area contributed by atoms with E-state index in [0.29, 0.717) is 30.1 Å². The molecule has 3 N–H and O–H groups in total. The number of likely N-dealkylation sites (tertiary alicyclic amines) is 1. The average molecular weight is 514 g/mol. The van der Waals surface area contributed by atoms with Gasteiger partial charge in [-0.15, -0.1) is 0 Å². The summed E-state index contributed by atoms with van der Waals surface area (Å²) in [4.78, 5) is 40.0. The van der Waals surface area contributed by atoms with Gasteiger partial charge in [-0.2, -0.15) is 0 Å². The van der Waals surface area contributed by atoms with E-state index in [9.17, 15) is 19.5 Å². The summed E-state index contributed by atoms with van der Waals surface area (Å²) < 4.78 is 0. The van der Waals surface area contributed by atoms with Crippen molar-refractivity contribution in [3.05, 3.63) is 70.7 Å². The van der Waals surface area contributed by atoms with Gasteiger partial charge in [-0.1, -0.05) is 69.6 Å². The predicted molar refractivity (Wildman–Crippen MR) is 140 cm³/mol. The smallest absolute Gasteiger partial charge is 0.251 e. The van der Waals surface area contributed by atoms with Crippen molar-refractivity contribution in [3.8, 4) is 0 Å². The van der Waals surface area contributed by atoms with E-state index >= 15 is 0 Å². The van der Waals surface area contributed by atoms with E-state index in [2.05, 4.69) is 10.6 Å². The summed E-state index contributed by atoms with van der Waals surface area (Å²) in [7, 11) is 0. The van der Waals surface area contributed by atoms with Gasteiger partial charge in [-0.25, -0.2) is 0 Å². The largest absolute Gasteiger partial charge is 0.384 e. The molecule has 8 heteroatoms. The Hall–Kier alpha value is -2.90. The molecule has 3 rings (SSSR count). The Balaban J connectivity index is 1.59. The lowest BCUT2D eigenvalue weighted by molar-refractivity contribution is -0.156. The molecule has 0 aliphatic carbocycles. The van der Waals surface area contributed by atoms with Crippen LogP contribution in [0.1, 0.15) is 56.5 Å². The zero-order valence-electron chi connectivity index (χ0n) is 21.4. The lowest BCUT2D eigenvalue weighted by atomic mass is 9.66. The first-order valence-corrected chi connectivity index (χ1v) is 12.7. The molecular formula is C28H36ClN3O4. The summed E-state index contributed by atoms with van der Waals surface area (Å²) in [6.07, 6.45) is 0.439. The number of hydrogen-bond acceptors (Lipinski definition) is 4. The minimum atomic E-state index is -1.11. The minimum Gasteiger partial charge on any atom is -0.384 e. The van der Waals surface area contributed by atoms with E-state index in [1.54, 1.807) is 41.3 Å². The van der Waals surface area contributed by atoms with Crippen molar-refractivity contribution in [2.45, 2.75) is 52.2 Å². The fourth-order valence-electron chi connectivity index (χ4n) is 4.71. The summed E-state index contributed by atoms with van der Waals surface area (Å²) in [5.41, 5.74) is -0.432. The topological polar surface area (TPSA) is 98.7 Å². The maximum absolute atomic E-state index is 13.5. The van der Waals surface area contributed by atoms with Gasteiger partial charge < -0.3 is 20.6 Å². The summed E-state index contributed by atoms with van der Waals surface area (Å²) in [6.45, 7) is 8.55. The summed E-state index contributed by atoms with van der Waals surface area (Å²) in [5, 5.41) is 17.8. The Morgan fingerprint density at radius 1 is 1.06 bits per heavy atom. The molecule has 1 aliphatic rings. The zero-order valence-corrected chi connectivity index (χ0v) is 22.1. The van der Waals surface area contributed by atoms with Crippen molar-refractivity contribution in [2.75, 3.05) is 19.6 Å². The van der Waals surface area contributed by atoms with Crippen molar-refractivity contribution in [1.82, 2.24) is 15.5 Å². The molecule has 0 aromatic heterocycles. The standard InChI is InChI=1S/C28H36ClN3O4/c1-19(2)24(31-23(33)14-16-30-25(34)20-8-6-5-7-9-20)26(35)32-17-15-28(36,27(3,4)18-32)21-10-12-22(29)13-11-21/h5-13,19,24,36H,14-18H2,1-4H3,(H,30,34)(H,31,33)/t24-,28+/m1/s1. The second-order valence-electron chi connectivity index (χ2n) is 10.4. The highest BCUT2D eigenvalue weighted by Gasteiger charge is 2.50. The summed E-state index contributed by atoms with van der Waals surface area (Å²) >= 11 is 6.02. The quantitative estimate of drug-likeness (QED) is 0.500. The number of rotatable bonds is 8. The van der Waals surface area contributed by atoms with Gasteiger partial charge in [-0.3, -0.25) is 14.4 Å². The Bertz CT molecular complexity index is 1070. The van der Waals surface area contributed by atoms with Gasteiger partial charge in [0.1, 0.15) is 6.04 Å². The molecule has 36 heavy (non-hydrogen) atoms. The third kappa shape index (κ3) is 6.26. The number of benzene rings is 2. The number of nitrogens with one attached hydrogen (secondary N) is 2. The molecular weight excluding hydrogens is 478 g/mol. The molecule has 0 radical (unpaired) electrons. The van der Waals surface area contributed by atoms with E-state index < -0.39 is 17.1 Å². The third-order valence-electron chi connectivity index (χ3n) is 7.01. The van der Waals surface area contributed by atoms with Crippen LogP contribution < -0.4 is 10.6 Å². The van der Waals surface area contributed by atoms with Crippen LogP contribution in [0.5, 0.6) is 0 Å². The number of amides is 3. The van der Waals surface area contributed by atoms with Gasteiger partial charge in [0.2, 0.25) is 11.8 Å². The molecule has 1 aliphatic heterocycles. The van der Waals surface area contributed by atoms with Crippen molar-refractivity contribution in [2.24, 2.45) is 11.3 Å². The number of piperidine rings is 1. The summed E-state index contributed by atoms with van der Waals surface area (Å²) in [5.74, 6) is -0.841. The monoisotopic (exact) mass is 513 g/mol. The van der Waals surface area contributed by atoms with Gasteiger partial charge in [0.05, 0.1) is 5.60 Å². The van der Waals surface area contributed by atoms with Crippen LogP contribution in [0.4, 0.5) is 0 Å². The lowest BCUT2D eigenvalue weighted by Crippen LogP contribution is -2.60. The SMILES string of the molecule is CC(C)[C@@H](NC(=O)CCNC(=O)c1ccccc1)C(=O)N1CC[C@](O)(c2ccc(Cl)cc2)C(C)(C)C1. The summed E-state index contributed by atoms with van der Waals surface area (Å²) in [6, 6.07) is 15.3. The molecule has 7 nitrogen and oxygen atoms in total. The van der Waals surface area contributed by atoms with E-state index in [1.165, 1.54) is 0 Å². The molecule has 194 valence electrons. The Morgan fingerprint density at radius 2 is 1.69 bits per heavy atom. The Kier molecular flexibility index (Phi) is 8.80. The number of carbonyl (C=O) groups excluding carboxylic acids is 3. The number of aliphatic hydroxyl groups is 1. The van der Waals surface area contributed by atoms with Crippen LogP contribution in [0.25, 0.3) is 0 Å². The molecule has 0 saturated carbocycles.